The zero-order valence-electron chi connectivity index (χ0n) is 9.90. The average molecular weight is 269 g/mol. The number of rotatable bonds is 3. The zero-order valence-corrected chi connectivity index (χ0v) is 11.5. The fourth-order valence-electron chi connectivity index (χ4n) is 1.40. The minimum atomic E-state index is 0.113. The Hall–Kier alpha value is -1.13. The predicted molar refractivity (Wildman–Crippen MR) is 70.9 cm³/mol. The first kappa shape index (κ1) is 12.3. The molecule has 0 spiro atoms. The summed E-state index contributed by atoms with van der Waals surface area (Å²) in [5.41, 5.74) is 0.969. The lowest BCUT2D eigenvalue weighted by molar-refractivity contribution is 0.242. The van der Waals surface area contributed by atoms with Crippen molar-refractivity contribution in [2.45, 2.75) is 26.9 Å². The van der Waals surface area contributed by atoms with Crippen molar-refractivity contribution in [3.63, 3.8) is 0 Å². The number of aromatic nitrogens is 2. The molecule has 90 valence electrons. The highest BCUT2D eigenvalue weighted by molar-refractivity contribution is 7.14. The van der Waals surface area contributed by atoms with E-state index >= 15 is 0 Å². The molecule has 0 aliphatic rings. The van der Waals surface area contributed by atoms with Crippen LogP contribution in [-0.2, 0) is 0 Å². The van der Waals surface area contributed by atoms with Gasteiger partial charge in [-0.25, -0.2) is 0 Å². The summed E-state index contributed by atoms with van der Waals surface area (Å²) in [6.45, 7) is 5.87. The van der Waals surface area contributed by atoms with Gasteiger partial charge in [-0.3, -0.25) is 0 Å². The summed E-state index contributed by atoms with van der Waals surface area (Å²) >= 11 is 7.71. The second-order valence-corrected chi connectivity index (χ2v) is 5.53. The molecule has 1 aromatic carbocycles. The third kappa shape index (κ3) is 2.96. The Morgan fingerprint density at radius 2 is 2.06 bits per heavy atom. The summed E-state index contributed by atoms with van der Waals surface area (Å²) in [5, 5.41) is 10.5. The van der Waals surface area contributed by atoms with Crippen LogP contribution in [0.5, 0.6) is 5.75 Å². The van der Waals surface area contributed by atoms with Crippen molar-refractivity contribution < 1.29 is 4.74 Å². The quantitative estimate of drug-likeness (QED) is 0.845. The number of halogens is 1. The molecule has 2 aromatic rings. The van der Waals surface area contributed by atoms with E-state index in [1.165, 1.54) is 0 Å². The normalized spacial score (nSPS) is 10.9. The lowest BCUT2D eigenvalue weighted by Gasteiger charge is -2.11. The predicted octanol–water partition coefficient (Wildman–Crippen LogP) is 3.95. The molecule has 2 rings (SSSR count). The second kappa shape index (κ2) is 5.02. The molecule has 0 N–H and O–H groups in total. The van der Waals surface area contributed by atoms with Gasteiger partial charge in [0.15, 0.2) is 0 Å². The molecule has 0 saturated carbocycles. The van der Waals surface area contributed by atoms with Crippen molar-refractivity contribution in [3.05, 3.63) is 28.2 Å². The van der Waals surface area contributed by atoms with Crippen molar-refractivity contribution >= 4 is 22.9 Å². The summed E-state index contributed by atoms with van der Waals surface area (Å²) in [7, 11) is 0. The molecule has 0 bridgehead atoms. The Kier molecular flexibility index (Phi) is 3.64. The van der Waals surface area contributed by atoms with E-state index in [1.54, 1.807) is 11.3 Å². The highest BCUT2D eigenvalue weighted by atomic mass is 35.5. The first-order valence-electron chi connectivity index (χ1n) is 5.33. The van der Waals surface area contributed by atoms with Gasteiger partial charge in [0.05, 0.1) is 11.1 Å². The molecule has 0 aliphatic heterocycles. The van der Waals surface area contributed by atoms with E-state index in [1.807, 2.05) is 39.0 Å². The molecule has 0 saturated heterocycles. The van der Waals surface area contributed by atoms with Crippen LogP contribution in [0, 0.1) is 6.92 Å². The molecule has 3 nitrogen and oxygen atoms in total. The molecule has 1 heterocycles. The summed E-state index contributed by atoms with van der Waals surface area (Å²) in [6.07, 6.45) is 0.113. The van der Waals surface area contributed by atoms with E-state index in [0.717, 1.165) is 15.6 Å². The Balaban J connectivity index is 2.30. The van der Waals surface area contributed by atoms with E-state index < -0.39 is 0 Å². The maximum Gasteiger partial charge on any atom is 0.147 e. The lowest BCUT2D eigenvalue weighted by atomic mass is 10.2. The van der Waals surface area contributed by atoms with Crippen LogP contribution in [-0.4, -0.2) is 16.3 Å². The maximum atomic E-state index is 6.16. The summed E-state index contributed by atoms with van der Waals surface area (Å²) in [4.78, 5) is 0. The number of ether oxygens (including phenoxy) is 1. The highest BCUT2D eigenvalue weighted by Crippen LogP contribution is 2.32. The Morgan fingerprint density at radius 1 is 1.29 bits per heavy atom. The highest BCUT2D eigenvalue weighted by Gasteiger charge is 2.09. The molecule has 0 atom stereocenters. The number of hydrogen-bond donors (Lipinski definition) is 0. The van der Waals surface area contributed by atoms with Gasteiger partial charge in [-0.1, -0.05) is 22.9 Å². The van der Waals surface area contributed by atoms with Gasteiger partial charge in [0.25, 0.3) is 0 Å². The SMILES string of the molecule is Cc1nnc(-c2ccc(OC(C)C)c(Cl)c2)s1. The van der Waals surface area contributed by atoms with E-state index in [2.05, 4.69) is 10.2 Å². The number of aryl methyl sites for hydroxylation is 1. The first-order chi connectivity index (χ1) is 8.06. The van der Waals surface area contributed by atoms with Gasteiger partial charge in [-0.05, 0) is 39.0 Å². The molecule has 1 aromatic heterocycles. The van der Waals surface area contributed by atoms with Gasteiger partial charge in [0.1, 0.15) is 15.8 Å². The third-order valence-electron chi connectivity index (χ3n) is 2.07. The van der Waals surface area contributed by atoms with Gasteiger partial charge in [0.2, 0.25) is 0 Å². The molecule has 17 heavy (non-hydrogen) atoms. The van der Waals surface area contributed by atoms with Gasteiger partial charge in [-0.2, -0.15) is 0 Å². The summed E-state index contributed by atoms with van der Waals surface area (Å²) in [6, 6.07) is 5.68. The zero-order chi connectivity index (χ0) is 12.4. The molecule has 0 radical (unpaired) electrons. The van der Waals surface area contributed by atoms with Crippen molar-refractivity contribution in [1.82, 2.24) is 10.2 Å². The van der Waals surface area contributed by atoms with Crippen molar-refractivity contribution in [3.8, 4) is 16.3 Å². The molecule has 5 heteroatoms. The molecule has 0 aliphatic carbocycles. The Labute approximate surface area is 109 Å². The smallest absolute Gasteiger partial charge is 0.147 e. The molecule has 0 fully saturated rings. The van der Waals surface area contributed by atoms with Gasteiger partial charge in [0, 0.05) is 5.56 Å². The monoisotopic (exact) mass is 268 g/mol. The van der Waals surface area contributed by atoms with Crippen LogP contribution in [0.3, 0.4) is 0 Å². The van der Waals surface area contributed by atoms with Crippen LogP contribution in [0.25, 0.3) is 10.6 Å². The Morgan fingerprint density at radius 3 is 2.59 bits per heavy atom. The second-order valence-electron chi connectivity index (χ2n) is 3.94. The Bertz CT molecular complexity index is 525. The van der Waals surface area contributed by atoms with Gasteiger partial charge in [-0.15, -0.1) is 10.2 Å². The van der Waals surface area contributed by atoms with Crippen LogP contribution < -0.4 is 4.74 Å². The molecule has 0 amide bonds. The molecule has 0 unspecified atom stereocenters. The fourth-order valence-corrected chi connectivity index (χ4v) is 2.31. The van der Waals surface area contributed by atoms with Crippen LogP contribution >= 0.6 is 22.9 Å². The maximum absolute atomic E-state index is 6.16. The van der Waals surface area contributed by atoms with E-state index in [-0.39, 0.29) is 6.10 Å². The molecular formula is C12H13ClN2OS. The number of nitrogens with zero attached hydrogens (tertiary/aromatic N) is 2. The van der Waals surface area contributed by atoms with Crippen molar-refractivity contribution in [2.24, 2.45) is 0 Å². The topological polar surface area (TPSA) is 35.0 Å². The van der Waals surface area contributed by atoms with Gasteiger partial charge >= 0.3 is 0 Å². The van der Waals surface area contributed by atoms with E-state index in [4.69, 9.17) is 16.3 Å². The van der Waals surface area contributed by atoms with Crippen molar-refractivity contribution in [1.29, 1.82) is 0 Å². The summed E-state index contributed by atoms with van der Waals surface area (Å²) in [5.74, 6) is 0.701. The lowest BCUT2D eigenvalue weighted by Crippen LogP contribution is -2.05. The fraction of sp³-hybridized carbons (Fsp3) is 0.333. The number of hydrogen-bond acceptors (Lipinski definition) is 4. The van der Waals surface area contributed by atoms with Gasteiger partial charge < -0.3 is 4.74 Å². The van der Waals surface area contributed by atoms with E-state index in [9.17, 15) is 0 Å². The minimum absolute atomic E-state index is 0.113. The number of benzene rings is 1. The summed E-state index contributed by atoms with van der Waals surface area (Å²) < 4.78 is 5.58. The minimum Gasteiger partial charge on any atom is -0.489 e. The standard InChI is InChI=1S/C12H13ClN2OS/c1-7(2)16-11-5-4-9(6-10(11)13)12-15-14-8(3)17-12/h4-7H,1-3H3. The van der Waals surface area contributed by atoms with Crippen LogP contribution in [0.2, 0.25) is 5.02 Å². The van der Waals surface area contributed by atoms with Crippen molar-refractivity contribution in [2.75, 3.05) is 0 Å². The van der Waals surface area contributed by atoms with Crippen LogP contribution in [0.15, 0.2) is 18.2 Å². The van der Waals surface area contributed by atoms with E-state index in [0.29, 0.717) is 10.8 Å². The van der Waals surface area contributed by atoms with Crippen LogP contribution in [0.4, 0.5) is 0 Å². The van der Waals surface area contributed by atoms with Crippen LogP contribution in [0.1, 0.15) is 18.9 Å². The first-order valence-corrected chi connectivity index (χ1v) is 6.52. The molecular weight excluding hydrogens is 256 g/mol. The average Bonchev–Trinajstić information content (AvgIpc) is 2.67. The largest absolute Gasteiger partial charge is 0.489 e. The third-order valence-corrected chi connectivity index (χ3v) is 3.25.